The van der Waals surface area contributed by atoms with Gasteiger partial charge in [-0.1, -0.05) is 6.92 Å². The number of rotatable bonds is 7. The predicted octanol–water partition coefficient (Wildman–Crippen LogP) is 1.63. The maximum absolute atomic E-state index is 11.9. The lowest BCUT2D eigenvalue weighted by Crippen LogP contribution is -2.42. The molecule has 0 spiro atoms. The molecule has 2 fully saturated rings. The number of nitrogens with zero attached hydrogens (tertiary/aromatic N) is 3. The summed E-state index contributed by atoms with van der Waals surface area (Å²) in [6, 6.07) is 4.15. The fraction of sp³-hybridized carbons (Fsp3) is 0.632. The molecule has 0 amide bonds. The smallest absolute Gasteiger partial charge is 0.339 e. The molecule has 0 radical (unpaired) electrons. The number of hydrogen-bond acceptors (Lipinski definition) is 5. The monoisotopic (exact) mass is 359 g/mol. The minimum atomic E-state index is -0.326. The van der Waals surface area contributed by atoms with Crippen LogP contribution in [0.3, 0.4) is 0 Å². The summed E-state index contributed by atoms with van der Waals surface area (Å²) in [5.74, 6) is 0.485. The van der Waals surface area contributed by atoms with E-state index in [0.29, 0.717) is 30.0 Å². The zero-order chi connectivity index (χ0) is 18.5. The van der Waals surface area contributed by atoms with Gasteiger partial charge in [-0.3, -0.25) is 9.88 Å². The summed E-state index contributed by atoms with van der Waals surface area (Å²) in [7, 11) is 1.40. The molecule has 1 saturated heterocycles. The minimum absolute atomic E-state index is 0.326. The van der Waals surface area contributed by atoms with Crippen LogP contribution in [0.4, 0.5) is 0 Å². The highest BCUT2D eigenvalue weighted by atomic mass is 16.5. The summed E-state index contributed by atoms with van der Waals surface area (Å²) in [6.07, 6.45) is 4.60. The number of pyridine rings is 1. The second-order valence-electron chi connectivity index (χ2n) is 7.01. The molecule has 142 valence electrons. The van der Waals surface area contributed by atoms with E-state index in [0.717, 1.165) is 37.3 Å². The maximum Gasteiger partial charge on any atom is 0.339 e. The molecule has 0 aromatic carbocycles. The predicted molar refractivity (Wildman–Crippen MR) is 101 cm³/mol. The van der Waals surface area contributed by atoms with Crippen molar-refractivity contribution in [3.8, 4) is 0 Å². The van der Waals surface area contributed by atoms with Crippen LogP contribution in [0.15, 0.2) is 17.1 Å². The van der Waals surface area contributed by atoms with Crippen molar-refractivity contribution in [1.82, 2.24) is 15.2 Å². The number of nitrogens with two attached hydrogens (primary N) is 1. The Hall–Kier alpha value is -2.15. The maximum atomic E-state index is 11.9. The third kappa shape index (κ3) is 4.52. The quantitative estimate of drug-likeness (QED) is 0.437. The molecular weight excluding hydrogens is 330 g/mol. The van der Waals surface area contributed by atoms with Crippen molar-refractivity contribution < 1.29 is 9.53 Å². The first kappa shape index (κ1) is 18.6. The fourth-order valence-electron chi connectivity index (χ4n) is 3.54. The molecule has 1 unspecified atom stereocenters. The van der Waals surface area contributed by atoms with Gasteiger partial charge in [-0.25, -0.2) is 9.79 Å². The van der Waals surface area contributed by atoms with Gasteiger partial charge in [0.2, 0.25) is 0 Å². The zero-order valence-corrected chi connectivity index (χ0v) is 15.7. The van der Waals surface area contributed by atoms with Crippen molar-refractivity contribution in [2.75, 3.05) is 26.7 Å². The van der Waals surface area contributed by atoms with Gasteiger partial charge >= 0.3 is 5.97 Å². The first-order chi connectivity index (χ1) is 12.6. The first-order valence-electron chi connectivity index (χ1n) is 9.48. The Bertz CT molecular complexity index is 672. The average Bonchev–Trinajstić information content (AvgIpc) is 3.42. The molecular formula is C19H29N5O2. The SMILES string of the molecule is CCN1CCCC1CNC(N)=NCc1ccc(C(=O)OC)c(C2CC2)n1. The number of methoxy groups -OCH3 is 1. The van der Waals surface area contributed by atoms with Crippen LogP contribution >= 0.6 is 0 Å². The van der Waals surface area contributed by atoms with Crippen molar-refractivity contribution in [1.29, 1.82) is 0 Å². The Morgan fingerprint density at radius 3 is 2.92 bits per heavy atom. The second kappa shape index (κ2) is 8.49. The Morgan fingerprint density at radius 2 is 2.23 bits per heavy atom. The number of aromatic nitrogens is 1. The van der Waals surface area contributed by atoms with Gasteiger partial charge in [0.25, 0.3) is 0 Å². The van der Waals surface area contributed by atoms with Gasteiger partial charge in [0.15, 0.2) is 5.96 Å². The molecule has 7 heteroatoms. The highest BCUT2D eigenvalue weighted by molar-refractivity contribution is 5.90. The van der Waals surface area contributed by atoms with Crippen molar-refractivity contribution in [2.45, 2.75) is 51.1 Å². The van der Waals surface area contributed by atoms with Gasteiger partial charge < -0.3 is 15.8 Å². The van der Waals surface area contributed by atoms with Gasteiger partial charge in [0, 0.05) is 18.5 Å². The lowest BCUT2D eigenvalue weighted by atomic mass is 10.1. The van der Waals surface area contributed by atoms with Crippen LogP contribution < -0.4 is 11.1 Å². The van der Waals surface area contributed by atoms with E-state index in [1.54, 1.807) is 6.07 Å². The minimum Gasteiger partial charge on any atom is -0.465 e. The summed E-state index contributed by atoms with van der Waals surface area (Å²) in [5, 5.41) is 3.23. The van der Waals surface area contributed by atoms with Gasteiger partial charge in [-0.15, -0.1) is 0 Å². The molecule has 1 aromatic rings. The Kier molecular flexibility index (Phi) is 6.08. The number of carbonyl (C=O) groups excluding carboxylic acids is 1. The molecule has 26 heavy (non-hydrogen) atoms. The van der Waals surface area contributed by atoms with Gasteiger partial charge in [-0.05, 0) is 50.9 Å². The number of carbonyl (C=O) groups is 1. The zero-order valence-electron chi connectivity index (χ0n) is 15.7. The van der Waals surface area contributed by atoms with E-state index >= 15 is 0 Å². The van der Waals surface area contributed by atoms with E-state index in [9.17, 15) is 4.79 Å². The van der Waals surface area contributed by atoms with Crippen LogP contribution in [0.1, 0.15) is 60.3 Å². The van der Waals surface area contributed by atoms with Gasteiger partial charge in [-0.2, -0.15) is 0 Å². The molecule has 3 rings (SSSR count). The van der Waals surface area contributed by atoms with Crippen molar-refractivity contribution >= 4 is 11.9 Å². The van der Waals surface area contributed by atoms with Crippen LogP contribution in [-0.4, -0.2) is 54.6 Å². The van der Waals surface area contributed by atoms with Crippen LogP contribution in [0.25, 0.3) is 0 Å². The molecule has 1 aromatic heterocycles. The lowest BCUT2D eigenvalue weighted by Gasteiger charge is -2.23. The molecule has 2 heterocycles. The summed E-state index contributed by atoms with van der Waals surface area (Å²) in [5.41, 5.74) is 8.23. The van der Waals surface area contributed by atoms with Gasteiger partial charge in [0.1, 0.15) is 0 Å². The first-order valence-corrected chi connectivity index (χ1v) is 9.48. The number of guanidine groups is 1. The molecule has 1 aliphatic heterocycles. The third-order valence-corrected chi connectivity index (χ3v) is 5.19. The molecule has 1 atom stereocenters. The van der Waals surface area contributed by atoms with Gasteiger partial charge in [0.05, 0.1) is 30.6 Å². The van der Waals surface area contributed by atoms with E-state index in [2.05, 4.69) is 27.1 Å². The van der Waals surface area contributed by atoms with Crippen molar-refractivity contribution in [2.24, 2.45) is 10.7 Å². The standard InChI is InChI=1S/C19H29N5O2/c1-3-24-10-4-5-15(24)12-22-19(20)21-11-14-8-9-16(18(25)26-2)17(23-14)13-6-7-13/h8-9,13,15H,3-7,10-12H2,1-2H3,(H3,20,21,22). The number of ether oxygens (including phenoxy) is 1. The van der Waals surface area contributed by atoms with Crippen LogP contribution in [0.2, 0.25) is 0 Å². The molecule has 1 saturated carbocycles. The summed E-state index contributed by atoms with van der Waals surface area (Å²) < 4.78 is 4.85. The largest absolute Gasteiger partial charge is 0.465 e. The molecule has 7 nitrogen and oxygen atoms in total. The van der Waals surface area contributed by atoms with Crippen molar-refractivity contribution in [3.63, 3.8) is 0 Å². The lowest BCUT2D eigenvalue weighted by molar-refractivity contribution is 0.0598. The fourth-order valence-corrected chi connectivity index (χ4v) is 3.54. The summed E-state index contributed by atoms with van der Waals surface area (Å²) in [4.78, 5) is 23.4. The summed E-state index contributed by atoms with van der Waals surface area (Å²) >= 11 is 0. The second-order valence-corrected chi connectivity index (χ2v) is 7.01. The highest BCUT2D eigenvalue weighted by Crippen LogP contribution is 2.40. The normalized spacial score (nSPS) is 21.0. The molecule has 2 aliphatic rings. The topological polar surface area (TPSA) is 92.8 Å². The van der Waals surface area contributed by atoms with E-state index in [-0.39, 0.29) is 5.97 Å². The number of esters is 1. The molecule has 1 aliphatic carbocycles. The Labute approximate surface area is 155 Å². The Morgan fingerprint density at radius 1 is 1.42 bits per heavy atom. The number of likely N-dealkylation sites (tertiary alicyclic amines) is 1. The molecule has 3 N–H and O–H groups in total. The third-order valence-electron chi connectivity index (χ3n) is 5.19. The summed E-state index contributed by atoms with van der Waals surface area (Å²) in [6.45, 7) is 5.66. The van der Waals surface area contributed by atoms with E-state index in [1.165, 1.54) is 26.5 Å². The van der Waals surface area contributed by atoms with Crippen molar-refractivity contribution in [3.05, 3.63) is 29.1 Å². The van der Waals surface area contributed by atoms with E-state index in [4.69, 9.17) is 10.5 Å². The van der Waals surface area contributed by atoms with Crippen LogP contribution in [0, 0.1) is 0 Å². The van der Waals surface area contributed by atoms with Crippen LogP contribution in [0.5, 0.6) is 0 Å². The molecule has 0 bridgehead atoms. The number of nitrogens with one attached hydrogen (secondary N) is 1. The number of likely N-dealkylation sites (N-methyl/N-ethyl adjacent to an activating group) is 1. The van der Waals surface area contributed by atoms with E-state index < -0.39 is 0 Å². The van der Waals surface area contributed by atoms with Crippen LogP contribution in [-0.2, 0) is 11.3 Å². The average molecular weight is 359 g/mol. The Balaban J connectivity index is 1.58. The number of aliphatic imine (C=N–C) groups is 1. The van der Waals surface area contributed by atoms with E-state index in [1.807, 2.05) is 6.07 Å². The number of hydrogen-bond donors (Lipinski definition) is 2. The highest BCUT2D eigenvalue weighted by Gasteiger charge is 2.30.